The Bertz CT molecular complexity index is 828. The molecule has 0 aliphatic rings. The SMILES string of the molecule is Cc1cc(=O)c(C(=O)NN(C)C)nn1-c1ccccc1[N+](=O)[O-]. The van der Waals surface area contributed by atoms with Crippen molar-refractivity contribution in [2.75, 3.05) is 14.1 Å². The van der Waals surface area contributed by atoms with Gasteiger partial charge in [-0.3, -0.25) is 25.1 Å². The fourth-order valence-electron chi connectivity index (χ4n) is 2.00. The van der Waals surface area contributed by atoms with Crippen molar-refractivity contribution in [3.63, 3.8) is 0 Å². The highest BCUT2D eigenvalue weighted by molar-refractivity contribution is 5.91. The van der Waals surface area contributed by atoms with Gasteiger partial charge in [0, 0.05) is 31.9 Å². The highest BCUT2D eigenvalue weighted by Crippen LogP contribution is 2.22. The van der Waals surface area contributed by atoms with Gasteiger partial charge >= 0.3 is 0 Å². The van der Waals surface area contributed by atoms with Gasteiger partial charge in [-0.2, -0.15) is 5.10 Å². The van der Waals surface area contributed by atoms with Gasteiger partial charge in [0.2, 0.25) is 5.43 Å². The average Bonchev–Trinajstić information content (AvgIpc) is 2.46. The van der Waals surface area contributed by atoms with E-state index >= 15 is 0 Å². The largest absolute Gasteiger partial charge is 0.294 e. The van der Waals surface area contributed by atoms with Crippen molar-refractivity contribution >= 4 is 11.6 Å². The molecular weight excluding hydrogens is 302 g/mol. The Kier molecular flexibility index (Phi) is 4.51. The fraction of sp³-hybridized carbons (Fsp3) is 0.214. The van der Waals surface area contributed by atoms with E-state index in [0.717, 1.165) is 0 Å². The number of amides is 1. The normalized spacial score (nSPS) is 10.6. The molecule has 2 rings (SSSR count). The van der Waals surface area contributed by atoms with Crippen LogP contribution >= 0.6 is 0 Å². The van der Waals surface area contributed by atoms with Crippen LogP contribution in [0.2, 0.25) is 0 Å². The minimum Gasteiger partial charge on any atom is -0.287 e. The lowest BCUT2D eigenvalue weighted by atomic mass is 10.2. The van der Waals surface area contributed by atoms with E-state index in [1.807, 2.05) is 0 Å². The van der Waals surface area contributed by atoms with Crippen LogP contribution in [0, 0.1) is 17.0 Å². The fourth-order valence-corrected chi connectivity index (χ4v) is 2.00. The molecule has 1 aromatic heterocycles. The molecule has 0 fully saturated rings. The maximum absolute atomic E-state index is 12.0. The number of hydrazine groups is 1. The summed E-state index contributed by atoms with van der Waals surface area (Å²) in [4.78, 5) is 34.6. The number of hydrogen-bond donors (Lipinski definition) is 1. The molecule has 1 N–H and O–H groups in total. The second kappa shape index (κ2) is 6.36. The van der Waals surface area contributed by atoms with Crippen LogP contribution in [0.3, 0.4) is 0 Å². The number of carbonyl (C=O) groups is 1. The summed E-state index contributed by atoms with van der Waals surface area (Å²) in [5.41, 5.74) is 1.90. The number of para-hydroxylation sites is 2. The van der Waals surface area contributed by atoms with Crippen molar-refractivity contribution in [2.45, 2.75) is 6.92 Å². The Balaban J connectivity index is 2.63. The molecule has 0 atom stereocenters. The van der Waals surface area contributed by atoms with E-state index in [-0.39, 0.29) is 17.1 Å². The molecule has 0 bridgehead atoms. The van der Waals surface area contributed by atoms with Crippen LogP contribution in [-0.4, -0.2) is 39.7 Å². The second-order valence-electron chi connectivity index (χ2n) is 4.99. The number of aryl methyl sites for hydroxylation is 1. The van der Waals surface area contributed by atoms with E-state index in [2.05, 4.69) is 10.5 Å². The average molecular weight is 317 g/mol. The van der Waals surface area contributed by atoms with Gasteiger partial charge in [0.05, 0.1) is 4.92 Å². The second-order valence-corrected chi connectivity index (χ2v) is 4.99. The number of aromatic nitrogens is 2. The molecule has 1 amide bonds. The van der Waals surface area contributed by atoms with Crippen LogP contribution in [0.4, 0.5) is 5.69 Å². The Morgan fingerprint density at radius 1 is 1.35 bits per heavy atom. The first-order valence-electron chi connectivity index (χ1n) is 6.64. The number of hydrogen-bond acceptors (Lipinski definition) is 6. The molecule has 0 radical (unpaired) electrons. The summed E-state index contributed by atoms with van der Waals surface area (Å²) < 4.78 is 1.21. The monoisotopic (exact) mass is 317 g/mol. The van der Waals surface area contributed by atoms with Crippen LogP contribution < -0.4 is 10.9 Å². The van der Waals surface area contributed by atoms with Crippen LogP contribution in [-0.2, 0) is 0 Å². The van der Waals surface area contributed by atoms with Gasteiger partial charge in [-0.25, -0.2) is 9.69 Å². The number of benzene rings is 1. The van der Waals surface area contributed by atoms with Gasteiger partial charge in [0.25, 0.3) is 11.6 Å². The van der Waals surface area contributed by atoms with Crippen molar-refractivity contribution in [2.24, 2.45) is 0 Å². The third kappa shape index (κ3) is 3.40. The lowest BCUT2D eigenvalue weighted by Gasteiger charge is -2.13. The molecule has 0 unspecified atom stereocenters. The maximum atomic E-state index is 12.0. The minimum absolute atomic E-state index is 0.175. The van der Waals surface area contributed by atoms with Gasteiger partial charge in [-0.1, -0.05) is 12.1 Å². The molecule has 120 valence electrons. The Labute approximate surface area is 131 Å². The predicted octanol–water partition coefficient (Wildman–Crippen LogP) is 0.656. The molecule has 0 saturated carbocycles. The molecule has 0 aliphatic heterocycles. The lowest BCUT2D eigenvalue weighted by Crippen LogP contribution is -2.39. The van der Waals surface area contributed by atoms with Gasteiger partial charge in [-0.15, -0.1) is 0 Å². The van der Waals surface area contributed by atoms with Crippen molar-refractivity contribution < 1.29 is 9.72 Å². The van der Waals surface area contributed by atoms with E-state index in [1.54, 1.807) is 27.1 Å². The van der Waals surface area contributed by atoms with Crippen molar-refractivity contribution in [1.29, 1.82) is 0 Å². The zero-order valence-corrected chi connectivity index (χ0v) is 12.8. The topological polar surface area (TPSA) is 110 Å². The predicted molar refractivity (Wildman–Crippen MR) is 82.4 cm³/mol. The standard InChI is InChI=1S/C14H15N5O4/c1-9-8-12(20)13(14(21)16-17(2)3)15-18(9)10-6-4-5-7-11(10)19(22)23/h4-8H,1-3H3,(H,16,21). The van der Waals surface area contributed by atoms with Crippen molar-refractivity contribution in [3.05, 3.63) is 62.1 Å². The first kappa shape index (κ1) is 16.3. The van der Waals surface area contributed by atoms with Gasteiger partial charge in [0.1, 0.15) is 5.69 Å². The van der Waals surface area contributed by atoms with Crippen LogP contribution in [0.1, 0.15) is 16.2 Å². The molecule has 9 heteroatoms. The Morgan fingerprint density at radius 3 is 2.61 bits per heavy atom. The third-order valence-corrected chi connectivity index (χ3v) is 2.95. The highest BCUT2D eigenvalue weighted by atomic mass is 16.6. The number of carbonyl (C=O) groups excluding carboxylic acids is 1. The number of rotatable bonds is 4. The van der Waals surface area contributed by atoms with Gasteiger partial charge in [-0.05, 0) is 13.0 Å². The molecule has 1 heterocycles. The lowest BCUT2D eigenvalue weighted by molar-refractivity contribution is -0.384. The summed E-state index contributed by atoms with van der Waals surface area (Å²) in [6.07, 6.45) is 0. The summed E-state index contributed by atoms with van der Waals surface area (Å²) in [6, 6.07) is 7.18. The van der Waals surface area contributed by atoms with Crippen LogP contribution in [0.25, 0.3) is 5.69 Å². The third-order valence-electron chi connectivity index (χ3n) is 2.95. The quantitative estimate of drug-likeness (QED) is 0.655. The zero-order chi connectivity index (χ0) is 17.1. The zero-order valence-electron chi connectivity index (χ0n) is 12.8. The van der Waals surface area contributed by atoms with Crippen LogP contribution in [0.15, 0.2) is 35.1 Å². The smallest absolute Gasteiger partial charge is 0.287 e. The summed E-state index contributed by atoms with van der Waals surface area (Å²) in [6.45, 7) is 1.58. The minimum atomic E-state index is -0.688. The number of nitro groups is 1. The van der Waals surface area contributed by atoms with Crippen molar-refractivity contribution in [3.8, 4) is 5.69 Å². The Morgan fingerprint density at radius 2 is 2.00 bits per heavy atom. The van der Waals surface area contributed by atoms with E-state index in [4.69, 9.17) is 0 Å². The number of nitrogens with one attached hydrogen (secondary N) is 1. The number of nitro benzene ring substituents is 1. The Hall–Kier alpha value is -3.07. The van der Waals surface area contributed by atoms with Gasteiger partial charge < -0.3 is 0 Å². The maximum Gasteiger partial charge on any atom is 0.294 e. The molecule has 0 spiro atoms. The molecule has 0 aliphatic carbocycles. The molecular formula is C14H15N5O4. The number of nitrogens with zero attached hydrogens (tertiary/aromatic N) is 4. The first-order chi connectivity index (χ1) is 10.8. The van der Waals surface area contributed by atoms with E-state index in [9.17, 15) is 19.7 Å². The summed E-state index contributed by atoms with van der Waals surface area (Å²) >= 11 is 0. The molecule has 9 nitrogen and oxygen atoms in total. The molecule has 2 aromatic rings. The summed E-state index contributed by atoms with van der Waals surface area (Å²) in [7, 11) is 3.18. The van der Waals surface area contributed by atoms with E-state index in [0.29, 0.717) is 5.69 Å². The first-order valence-corrected chi connectivity index (χ1v) is 6.64. The van der Waals surface area contributed by atoms with E-state index in [1.165, 1.54) is 34.0 Å². The highest BCUT2D eigenvalue weighted by Gasteiger charge is 2.20. The molecule has 0 saturated heterocycles. The van der Waals surface area contributed by atoms with Crippen molar-refractivity contribution in [1.82, 2.24) is 20.2 Å². The summed E-state index contributed by atoms with van der Waals surface area (Å²) in [5.74, 6) is -0.688. The summed E-state index contributed by atoms with van der Waals surface area (Å²) in [5, 5.41) is 16.5. The van der Waals surface area contributed by atoms with Crippen LogP contribution in [0.5, 0.6) is 0 Å². The molecule has 23 heavy (non-hydrogen) atoms. The van der Waals surface area contributed by atoms with E-state index < -0.39 is 16.3 Å². The van der Waals surface area contributed by atoms with Gasteiger partial charge in [0.15, 0.2) is 5.69 Å². The molecule has 1 aromatic carbocycles.